The highest BCUT2D eigenvalue weighted by Gasteiger charge is 2.36. The minimum Gasteiger partial charge on any atom is -0.486 e. The summed E-state index contributed by atoms with van der Waals surface area (Å²) in [6.45, 7) is 3.42. The number of carbonyl (C=O) groups excluding carboxylic acids is 3. The number of aliphatic hydroxyl groups is 1. The van der Waals surface area contributed by atoms with Crippen molar-refractivity contribution in [3.05, 3.63) is 90.0 Å². The number of fused-ring (bicyclic) bond motifs is 3. The van der Waals surface area contributed by atoms with Gasteiger partial charge >= 0.3 is 6.03 Å². The van der Waals surface area contributed by atoms with E-state index in [-0.39, 0.29) is 65.7 Å². The predicted molar refractivity (Wildman–Crippen MR) is 187 cm³/mol. The van der Waals surface area contributed by atoms with Crippen molar-refractivity contribution in [2.75, 3.05) is 42.7 Å². The van der Waals surface area contributed by atoms with Crippen LogP contribution in [0, 0.1) is 5.92 Å². The molecule has 3 atom stereocenters. The van der Waals surface area contributed by atoms with Gasteiger partial charge in [-0.05, 0) is 60.7 Å². The molecule has 0 aromatic heterocycles. The zero-order valence-corrected chi connectivity index (χ0v) is 28.3. The van der Waals surface area contributed by atoms with Crippen molar-refractivity contribution in [2.24, 2.45) is 5.92 Å². The topological polar surface area (TPSA) is 157 Å². The molecule has 2 aliphatic heterocycles. The van der Waals surface area contributed by atoms with Gasteiger partial charge in [0.2, 0.25) is 15.9 Å². The molecule has 4 aromatic carbocycles. The van der Waals surface area contributed by atoms with Crippen molar-refractivity contribution in [1.29, 1.82) is 0 Å². The molecule has 0 saturated heterocycles. The standard InChI is InChI=1S/C36H39N5O7S/c1-22-19-41(23(2)21-42)35(44)28-11-7-13-31(39-36(45)38-30-12-6-9-24-8-4-5-10-27(24)30)34(28)48-32(22)20-40(3)49(46,47)26-15-16-29-25(18-26)14-17-33(43)37-29/h4-13,15-16,18,22-23,32,42H,14,17,19-21H2,1-3H3,(H,37,43)(H2,38,39,45)/t22-,23+,32+/m1/s1. The van der Waals surface area contributed by atoms with E-state index in [1.54, 1.807) is 48.2 Å². The van der Waals surface area contributed by atoms with Gasteiger partial charge in [-0.3, -0.25) is 9.59 Å². The second-order valence-electron chi connectivity index (χ2n) is 12.6. The Hall–Kier alpha value is -4.98. The summed E-state index contributed by atoms with van der Waals surface area (Å²) < 4.78 is 35.4. The molecule has 6 rings (SSSR count). The Morgan fingerprint density at radius 2 is 1.73 bits per heavy atom. The number of sulfonamides is 1. The zero-order valence-electron chi connectivity index (χ0n) is 27.5. The minimum absolute atomic E-state index is 0.0805. The zero-order chi connectivity index (χ0) is 34.9. The molecule has 0 aliphatic carbocycles. The fraction of sp³-hybridized carbons (Fsp3) is 0.306. The molecule has 0 fully saturated rings. The number of nitrogens with one attached hydrogen (secondary N) is 3. The van der Waals surface area contributed by atoms with Crippen LogP contribution in [-0.2, 0) is 21.2 Å². The molecule has 2 heterocycles. The lowest BCUT2D eigenvalue weighted by Crippen LogP contribution is -2.50. The second kappa shape index (κ2) is 13.9. The van der Waals surface area contributed by atoms with E-state index in [1.807, 2.05) is 43.3 Å². The number of urea groups is 1. The molecule has 0 saturated carbocycles. The number of carbonyl (C=O) groups is 3. The molecular formula is C36H39N5O7S. The molecule has 256 valence electrons. The lowest BCUT2D eigenvalue weighted by molar-refractivity contribution is -0.116. The Morgan fingerprint density at radius 1 is 1.02 bits per heavy atom. The quantitative estimate of drug-likeness (QED) is 0.205. The first-order valence-electron chi connectivity index (χ1n) is 16.1. The van der Waals surface area contributed by atoms with E-state index >= 15 is 0 Å². The van der Waals surface area contributed by atoms with Gasteiger partial charge in [0, 0.05) is 37.0 Å². The normalized spacial score (nSPS) is 18.4. The number of rotatable bonds is 8. The van der Waals surface area contributed by atoms with Crippen LogP contribution in [-0.4, -0.2) is 79.5 Å². The molecule has 49 heavy (non-hydrogen) atoms. The molecule has 0 unspecified atom stereocenters. The van der Waals surface area contributed by atoms with Crippen molar-refractivity contribution in [3.8, 4) is 5.75 Å². The van der Waals surface area contributed by atoms with Crippen LogP contribution in [0.3, 0.4) is 0 Å². The summed E-state index contributed by atoms with van der Waals surface area (Å²) in [5.41, 5.74) is 2.32. The van der Waals surface area contributed by atoms with Crippen LogP contribution in [0.2, 0.25) is 0 Å². The van der Waals surface area contributed by atoms with Crippen LogP contribution < -0.4 is 20.7 Å². The number of amides is 4. The van der Waals surface area contributed by atoms with E-state index in [9.17, 15) is 27.9 Å². The average Bonchev–Trinajstić information content (AvgIpc) is 3.09. The Kier molecular flexibility index (Phi) is 9.59. The third-order valence-corrected chi connectivity index (χ3v) is 10.9. The number of aryl methyl sites for hydroxylation is 1. The number of hydrogen-bond acceptors (Lipinski definition) is 7. The molecule has 2 aliphatic rings. The van der Waals surface area contributed by atoms with Gasteiger partial charge in [0.1, 0.15) is 6.10 Å². The van der Waals surface area contributed by atoms with Gasteiger partial charge in [0.25, 0.3) is 5.91 Å². The van der Waals surface area contributed by atoms with Crippen LogP contribution in [0.15, 0.2) is 83.8 Å². The lowest BCUT2D eigenvalue weighted by atomic mass is 9.99. The highest BCUT2D eigenvalue weighted by atomic mass is 32.2. The number of aliphatic hydroxyl groups excluding tert-OH is 1. The number of hydrogen-bond donors (Lipinski definition) is 4. The van der Waals surface area contributed by atoms with Gasteiger partial charge in [-0.2, -0.15) is 4.31 Å². The predicted octanol–water partition coefficient (Wildman–Crippen LogP) is 4.91. The molecule has 4 amide bonds. The van der Waals surface area contributed by atoms with E-state index in [4.69, 9.17) is 4.74 Å². The van der Waals surface area contributed by atoms with Gasteiger partial charge in [-0.25, -0.2) is 13.2 Å². The lowest BCUT2D eigenvalue weighted by Gasteiger charge is -2.38. The highest BCUT2D eigenvalue weighted by molar-refractivity contribution is 7.89. The third kappa shape index (κ3) is 6.95. The SMILES string of the molecule is C[C@@H]1CN([C@@H](C)CO)C(=O)c2cccc(NC(=O)Nc3cccc4ccccc34)c2O[C@H]1CN(C)S(=O)(=O)c1ccc2c(c1)CCC(=O)N2. The van der Waals surface area contributed by atoms with Gasteiger partial charge in [-0.15, -0.1) is 0 Å². The van der Waals surface area contributed by atoms with Crippen LogP contribution in [0.4, 0.5) is 21.9 Å². The largest absolute Gasteiger partial charge is 0.486 e. The first-order valence-corrected chi connectivity index (χ1v) is 17.6. The van der Waals surface area contributed by atoms with Gasteiger partial charge in [-0.1, -0.05) is 49.4 Å². The van der Waals surface area contributed by atoms with Gasteiger partial charge in [0.05, 0.1) is 41.0 Å². The number of anilines is 3. The van der Waals surface area contributed by atoms with Crippen molar-refractivity contribution in [1.82, 2.24) is 9.21 Å². The Labute approximate surface area is 285 Å². The smallest absolute Gasteiger partial charge is 0.323 e. The molecule has 0 spiro atoms. The Morgan fingerprint density at radius 3 is 2.53 bits per heavy atom. The summed E-state index contributed by atoms with van der Waals surface area (Å²) in [6, 6.07) is 21.6. The van der Waals surface area contributed by atoms with Crippen molar-refractivity contribution < 1.29 is 32.6 Å². The van der Waals surface area contributed by atoms with E-state index in [1.165, 1.54) is 17.4 Å². The van der Waals surface area contributed by atoms with E-state index in [2.05, 4.69) is 16.0 Å². The van der Waals surface area contributed by atoms with Gasteiger partial charge in [0.15, 0.2) is 5.75 Å². The Balaban J connectivity index is 1.30. The number of ether oxygens (including phenoxy) is 1. The van der Waals surface area contributed by atoms with Crippen molar-refractivity contribution in [2.45, 2.75) is 43.7 Å². The van der Waals surface area contributed by atoms with E-state index < -0.39 is 28.2 Å². The highest BCUT2D eigenvalue weighted by Crippen LogP contribution is 2.36. The minimum atomic E-state index is -3.99. The molecule has 12 nitrogen and oxygen atoms in total. The molecular weight excluding hydrogens is 646 g/mol. The summed E-state index contributed by atoms with van der Waals surface area (Å²) in [7, 11) is -2.53. The van der Waals surface area contributed by atoms with Crippen LogP contribution in [0.5, 0.6) is 5.75 Å². The first kappa shape index (κ1) is 33.9. The maximum absolute atomic E-state index is 13.9. The number of likely N-dealkylation sites (N-methyl/N-ethyl adjacent to an activating group) is 1. The summed E-state index contributed by atoms with van der Waals surface area (Å²) in [4.78, 5) is 40.7. The maximum atomic E-state index is 13.9. The first-order chi connectivity index (χ1) is 23.5. The van der Waals surface area contributed by atoms with E-state index in [0.717, 1.165) is 16.3 Å². The van der Waals surface area contributed by atoms with Gasteiger partial charge < -0.3 is 30.7 Å². The van der Waals surface area contributed by atoms with Crippen LogP contribution in [0.25, 0.3) is 10.8 Å². The Bertz CT molecular complexity index is 2030. The summed E-state index contributed by atoms with van der Waals surface area (Å²) >= 11 is 0. The maximum Gasteiger partial charge on any atom is 0.323 e. The van der Waals surface area contributed by atoms with Crippen molar-refractivity contribution >= 4 is 55.7 Å². The number of benzene rings is 4. The number of nitrogens with zero attached hydrogens (tertiary/aromatic N) is 2. The molecule has 4 aromatic rings. The second-order valence-corrected chi connectivity index (χ2v) is 14.6. The van der Waals surface area contributed by atoms with Crippen molar-refractivity contribution in [3.63, 3.8) is 0 Å². The number of para-hydroxylation sites is 1. The fourth-order valence-electron chi connectivity index (χ4n) is 6.22. The summed E-state index contributed by atoms with van der Waals surface area (Å²) in [5.74, 6) is -0.788. The molecule has 13 heteroatoms. The average molecular weight is 686 g/mol. The monoisotopic (exact) mass is 685 g/mol. The fourth-order valence-corrected chi connectivity index (χ4v) is 7.46. The third-order valence-electron chi connectivity index (χ3n) is 9.09. The summed E-state index contributed by atoms with van der Waals surface area (Å²) in [5, 5.41) is 20.3. The van der Waals surface area contributed by atoms with Crippen LogP contribution >= 0.6 is 0 Å². The molecule has 0 bridgehead atoms. The van der Waals surface area contributed by atoms with E-state index in [0.29, 0.717) is 17.8 Å². The summed E-state index contributed by atoms with van der Waals surface area (Å²) in [6.07, 6.45) is -0.0531. The van der Waals surface area contributed by atoms with Crippen LogP contribution in [0.1, 0.15) is 36.2 Å². The molecule has 0 radical (unpaired) electrons. The molecule has 4 N–H and O–H groups in total.